The first-order valence-corrected chi connectivity index (χ1v) is 6.81. The van der Waals surface area contributed by atoms with Crippen molar-refractivity contribution in [2.75, 3.05) is 5.88 Å². The molecular weight excluding hydrogens is 298 g/mol. The predicted molar refractivity (Wildman–Crippen MR) is 79.8 cm³/mol. The van der Waals surface area contributed by atoms with Gasteiger partial charge in [0.15, 0.2) is 0 Å². The average molecular weight is 309 g/mol. The Kier molecular flexibility index (Phi) is 5.29. The van der Waals surface area contributed by atoms with Gasteiger partial charge in [0.05, 0.1) is 5.88 Å². The molecule has 0 aliphatic carbocycles. The number of benzene rings is 2. The van der Waals surface area contributed by atoms with Gasteiger partial charge < -0.3 is 4.74 Å². The van der Waals surface area contributed by atoms with E-state index in [0.717, 1.165) is 5.56 Å². The maximum Gasteiger partial charge on any atom is 0.128 e. The molecule has 0 spiro atoms. The van der Waals surface area contributed by atoms with Gasteiger partial charge in [-0.25, -0.2) is 4.39 Å². The molecule has 0 radical (unpaired) electrons. The van der Waals surface area contributed by atoms with Crippen LogP contribution < -0.4 is 4.74 Å². The molecule has 0 bridgehead atoms. The molecule has 0 aliphatic heterocycles. The quantitative estimate of drug-likeness (QED) is 0.592. The van der Waals surface area contributed by atoms with Crippen molar-refractivity contribution in [1.29, 1.82) is 0 Å². The van der Waals surface area contributed by atoms with E-state index in [9.17, 15) is 4.39 Å². The van der Waals surface area contributed by atoms with Crippen LogP contribution in [0.5, 0.6) is 5.75 Å². The lowest BCUT2D eigenvalue weighted by molar-refractivity contribution is 0.304. The van der Waals surface area contributed by atoms with E-state index in [2.05, 4.69) is 11.8 Å². The Morgan fingerprint density at radius 3 is 2.75 bits per heavy atom. The highest BCUT2D eigenvalue weighted by molar-refractivity contribution is 6.30. The van der Waals surface area contributed by atoms with Crippen LogP contribution in [-0.4, -0.2) is 5.88 Å². The molecule has 0 saturated carbocycles. The van der Waals surface area contributed by atoms with E-state index < -0.39 is 5.82 Å². The fraction of sp³-hybridized carbons (Fsp3) is 0.125. The fourth-order valence-corrected chi connectivity index (χ4v) is 1.93. The topological polar surface area (TPSA) is 9.23 Å². The van der Waals surface area contributed by atoms with E-state index in [4.69, 9.17) is 27.9 Å². The summed E-state index contributed by atoms with van der Waals surface area (Å²) in [5.41, 5.74) is 1.45. The van der Waals surface area contributed by atoms with Gasteiger partial charge in [0.2, 0.25) is 0 Å². The first kappa shape index (κ1) is 14.7. The van der Waals surface area contributed by atoms with Gasteiger partial charge in [0, 0.05) is 16.7 Å². The van der Waals surface area contributed by atoms with Crippen molar-refractivity contribution in [3.05, 3.63) is 64.4 Å². The van der Waals surface area contributed by atoms with E-state index in [0.29, 0.717) is 22.9 Å². The van der Waals surface area contributed by atoms with E-state index in [1.165, 1.54) is 12.1 Å². The third-order valence-electron chi connectivity index (χ3n) is 2.47. The van der Waals surface area contributed by atoms with Crippen LogP contribution in [0.15, 0.2) is 42.5 Å². The van der Waals surface area contributed by atoms with Crippen LogP contribution in [0, 0.1) is 17.7 Å². The van der Waals surface area contributed by atoms with E-state index in [1.807, 2.05) is 12.1 Å². The minimum absolute atomic E-state index is 0.204. The molecule has 1 nitrogen and oxygen atoms in total. The average Bonchev–Trinajstić information content (AvgIpc) is 2.42. The van der Waals surface area contributed by atoms with Gasteiger partial charge in [-0.15, -0.1) is 11.6 Å². The minimum atomic E-state index is -0.396. The fourth-order valence-electron chi connectivity index (χ4n) is 1.65. The maximum atomic E-state index is 13.4. The standard InChI is InChI=1S/C16H11Cl2FO/c17-6-2-4-12-8-15(19)10-16(9-12)20-11-13-3-1-5-14(18)7-13/h1,3,5,7-10H,6,11H2. The minimum Gasteiger partial charge on any atom is -0.489 e. The smallest absolute Gasteiger partial charge is 0.128 e. The van der Waals surface area contributed by atoms with Crippen LogP contribution in [0.2, 0.25) is 5.02 Å². The number of alkyl halides is 1. The Labute approximate surface area is 127 Å². The van der Waals surface area contributed by atoms with Crippen molar-refractivity contribution in [2.24, 2.45) is 0 Å². The molecule has 2 rings (SSSR count). The molecule has 4 heteroatoms. The summed E-state index contributed by atoms with van der Waals surface area (Å²) in [5, 5.41) is 0.638. The molecule has 0 aromatic heterocycles. The number of halogens is 3. The highest BCUT2D eigenvalue weighted by Crippen LogP contribution is 2.18. The van der Waals surface area contributed by atoms with Crippen LogP contribution in [0.1, 0.15) is 11.1 Å². The molecule has 0 N–H and O–H groups in total. The van der Waals surface area contributed by atoms with Gasteiger partial charge in [0.25, 0.3) is 0 Å². The lowest BCUT2D eigenvalue weighted by atomic mass is 10.2. The molecule has 0 fully saturated rings. The molecule has 2 aromatic carbocycles. The van der Waals surface area contributed by atoms with E-state index in [-0.39, 0.29) is 5.88 Å². The van der Waals surface area contributed by atoms with Crippen molar-refractivity contribution >= 4 is 23.2 Å². The van der Waals surface area contributed by atoms with Gasteiger partial charge in [-0.3, -0.25) is 0 Å². The summed E-state index contributed by atoms with van der Waals surface area (Å²) in [6.07, 6.45) is 0. The zero-order chi connectivity index (χ0) is 14.4. The Morgan fingerprint density at radius 1 is 1.15 bits per heavy atom. The lowest BCUT2D eigenvalue weighted by Gasteiger charge is -2.07. The van der Waals surface area contributed by atoms with E-state index >= 15 is 0 Å². The molecule has 0 unspecified atom stereocenters. The second-order valence-electron chi connectivity index (χ2n) is 4.03. The lowest BCUT2D eigenvalue weighted by Crippen LogP contribution is -1.96. The van der Waals surface area contributed by atoms with Crippen LogP contribution in [0.25, 0.3) is 0 Å². The van der Waals surface area contributed by atoms with Crippen molar-refractivity contribution in [2.45, 2.75) is 6.61 Å². The summed E-state index contributed by atoms with van der Waals surface area (Å²) in [6.45, 7) is 0.312. The third-order valence-corrected chi connectivity index (χ3v) is 2.83. The molecule has 0 atom stereocenters. The first-order chi connectivity index (χ1) is 9.67. The Balaban J connectivity index is 2.11. The second-order valence-corrected chi connectivity index (χ2v) is 4.73. The Hall–Kier alpha value is -1.69. The molecule has 0 amide bonds. The Morgan fingerprint density at radius 2 is 2.00 bits per heavy atom. The van der Waals surface area contributed by atoms with Gasteiger partial charge in [-0.05, 0) is 29.8 Å². The zero-order valence-electron chi connectivity index (χ0n) is 10.5. The zero-order valence-corrected chi connectivity index (χ0v) is 12.0. The summed E-state index contributed by atoms with van der Waals surface area (Å²) < 4.78 is 19.0. The van der Waals surface area contributed by atoms with Crippen LogP contribution >= 0.6 is 23.2 Å². The van der Waals surface area contributed by atoms with Crippen LogP contribution in [0.4, 0.5) is 4.39 Å². The van der Waals surface area contributed by atoms with Crippen molar-refractivity contribution in [1.82, 2.24) is 0 Å². The van der Waals surface area contributed by atoms with Gasteiger partial charge in [-0.2, -0.15) is 0 Å². The highest BCUT2D eigenvalue weighted by atomic mass is 35.5. The van der Waals surface area contributed by atoms with Crippen LogP contribution in [-0.2, 0) is 6.61 Å². The maximum absolute atomic E-state index is 13.4. The predicted octanol–water partition coefficient (Wildman–Crippen LogP) is 4.65. The Bertz CT molecular complexity index is 659. The SMILES string of the molecule is Fc1cc(C#CCCl)cc(OCc2cccc(Cl)c2)c1. The number of ether oxygens (including phenoxy) is 1. The van der Waals surface area contributed by atoms with E-state index in [1.54, 1.807) is 18.2 Å². The van der Waals surface area contributed by atoms with Crippen molar-refractivity contribution in [3.63, 3.8) is 0 Å². The van der Waals surface area contributed by atoms with Crippen molar-refractivity contribution < 1.29 is 9.13 Å². The summed E-state index contributed by atoms with van der Waals surface area (Å²) in [7, 11) is 0. The largest absolute Gasteiger partial charge is 0.489 e. The second kappa shape index (κ2) is 7.19. The van der Waals surface area contributed by atoms with Gasteiger partial charge in [-0.1, -0.05) is 35.6 Å². The highest BCUT2D eigenvalue weighted by Gasteiger charge is 2.02. The van der Waals surface area contributed by atoms with Crippen molar-refractivity contribution in [3.8, 4) is 17.6 Å². The molecular formula is C16H11Cl2FO. The molecule has 20 heavy (non-hydrogen) atoms. The summed E-state index contributed by atoms with van der Waals surface area (Å²) in [4.78, 5) is 0. The van der Waals surface area contributed by atoms with Gasteiger partial charge >= 0.3 is 0 Å². The molecule has 0 saturated heterocycles. The first-order valence-electron chi connectivity index (χ1n) is 5.90. The third kappa shape index (κ3) is 4.45. The molecule has 102 valence electrons. The number of hydrogen-bond acceptors (Lipinski definition) is 1. The molecule has 2 aromatic rings. The summed E-state index contributed by atoms with van der Waals surface area (Å²) in [5.74, 6) is 5.66. The summed E-state index contributed by atoms with van der Waals surface area (Å²) >= 11 is 11.4. The number of rotatable bonds is 3. The van der Waals surface area contributed by atoms with Gasteiger partial charge in [0.1, 0.15) is 18.2 Å². The monoisotopic (exact) mass is 308 g/mol. The number of hydrogen-bond donors (Lipinski definition) is 0. The van der Waals surface area contributed by atoms with Crippen LogP contribution in [0.3, 0.4) is 0 Å². The summed E-state index contributed by atoms with van der Waals surface area (Å²) in [6, 6.07) is 11.6. The molecule has 0 aliphatic rings. The molecule has 0 heterocycles. The normalized spacial score (nSPS) is 9.75.